The summed E-state index contributed by atoms with van der Waals surface area (Å²) < 4.78 is 15.9. The molecule has 2 amide bonds. The van der Waals surface area contributed by atoms with Crippen molar-refractivity contribution in [3.05, 3.63) is 83.3 Å². The molecule has 0 aliphatic heterocycles. The van der Waals surface area contributed by atoms with Gasteiger partial charge in [0.1, 0.15) is 5.76 Å². The van der Waals surface area contributed by atoms with Crippen molar-refractivity contribution < 1.29 is 23.5 Å². The number of aryl methyl sites for hydroxylation is 1. The second kappa shape index (κ2) is 11.9. The average molecular weight is 465 g/mol. The molecule has 3 rings (SSSR count). The molecule has 7 heteroatoms. The van der Waals surface area contributed by atoms with E-state index < -0.39 is 0 Å². The summed E-state index contributed by atoms with van der Waals surface area (Å²) >= 11 is 0. The first-order valence-corrected chi connectivity index (χ1v) is 11.2. The summed E-state index contributed by atoms with van der Waals surface area (Å²) in [6, 6.07) is 17.2. The fourth-order valence-corrected chi connectivity index (χ4v) is 3.71. The van der Waals surface area contributed by atoms with Gasteiger partial charge < -0.3 is 23.7 Å². The molecule has 0 bridgehead atoms. The van der Waals surface area contributed by atoms with E-state index in [0.717, 1.165) is 11.1 Å². The number of carbonyl (C=O) groups excluding carboxylic acids is 2. The second-order valence-corrected chi connectivity index (χ2v) is 8.11. The Bertz CT molecular complexity index is 1090. The third kappa shape index (κ3) is 6.41. The standard InChI is InChI=1S/C27H32N2O5/c1-20-23(14-17-34-20)27(31)29(19-22-8-6-5-7-9-22)16-13-26(30)28(2)15-12-21-10-11-24(32-3)25(18-21)33-4/h5-11,14,17-18H,12-13,15-16,19H2,1-4H3. The van der Waals surface area contributed by atoms with Crippen LogP contribution in [0.2, 0.25) is 0 Å². The van der Waals surface area contributed by atoms with Crippen LogP contribution in [0, 0.1) is 6.92 Å². The number of rotatable bonds is 11. The summed E-state index contributed by atoms with van der Waals surface area (Å²) in [6.07, 6.45) is 2.43. The van der Waals surface area contributed by atoms with E-state index in [1.807, 2.05) is 48.5 Å². The first kappa shape index (κ1) is 24.9. The van der Waals surface area contributed by atoms with Crippen molar-refractivity contribution in [1.82, 2.24) is 9.80 Å². The third-order valence-corrected chi connectivity index (χ3v) is 5.80. The minimum atomic E-state index is -0.143. The van der Waals surface area contributed by atoms with E-state index in [1.165, 1.54) is 6.26 Å². The summed E-state index contributed by atoms with van der Waals surface area (Å²) in [6.45, 7) is 3.06. The molecule has 0 saturated heterocycles. The third-order valence-electron chi connectivity index (χ3n) is 5.80. The SMILES string of the molecule is COc1ccc(CCN(C)C(=O)CCN(Cc2ccccc2)C(=O)c2ccoc2C)cc1OC. The summed E-state index contributed by atoms with van der Waals surface area (Å²) in [7, 11) is 4.99. The van der Waals surface area contributed by atoms with Crippen LogP contribution in [-0.2, 0) is 17.8 Å². The lowest BCUT2D eigenvalue weighted by Crippen LogP contribution is -2.36. The van der Waals surface area contributed by atoms with Gasteiger partial charge in [0.2, 0.25) is 5.91 Å². The van der Waals surface area contributed by atoms with Crippen molar-refractivity contribution in [3.63, 3.8) is 0 Å². The van der Waals surface area contributed by atoms with Crippen LogP contribution in [0.5, 0.6) is 11.5 Å². The minimum absolute atomic E-state index is 0.0183. The molecule has 1 heterocycles. The van der Waals surface area contributed by atoms with Crippen LogP contribution in [0.4, 0.5) is 0 Å². The number of hydrogen-bond acceptors (Lipinski definition) is 5. The van der Waals surface area contributed by atoms with Crippen molar-refractivity contribution in [1.29, 1.82) is 0 Å². The van der Waals surface area contributed by atoms with Crippen LogP contribution in [-0.4, -0.2) is 56.0 Å². The first-order valence-electron chi connectivity index (χ1n) is 11.2. The van der Waals surface area contributed by atoms with Gasteiger partial charge >= 0.3 is 0 Å². The van der Waals surface area contributed by atoms with Gasteiger partial charge in [-0.15, -0.1) is 0 Å². The van der Waals surface area contributed by atoms with E-state index in [0.29, 0.717) is 48.9 Å². The van der Waals surface area contributed by atoms with E-state index >= 15 is 0 Å². The molecule has 0 saturated carbocycles. The van der Waals surface area contributed by atoms with Crippen molar-refractivity contribution >= 4 is 11.8 Å². The molecule has 2 aromatic carbocycles. The van der Waals surface area contributed by atoms with E-state index in [4.69, 9.17) is 13.9 Å². The Hall–Kier alpha value is -3.74. The Morgan fingerprint density at radius 3 is 2.29 bits per heavy atom. The zero-order valence-electron chi connectivity index (χ0n) is 20.2. The topological polar surface area (TPSA) is 72.2 Å². The molecule has 0 N–H and O–H groups in total. The predicted molar refractivity (Wildman–Crippen MR) is 130 cm³/mol. The number of amides is 2. The van der Waals surface area contributed by atoms with Gasteiger partial charge in [0, 0.05) is 33.1 Å². The summed E-state index contributed by atoms with van der Waals surface area (Å²) in [4.78, 5) is 29.4. The predicted octanol–water partition coefficient (Wildman–Crippen LogP) is 4.34. The Morgan fingerprint density at radius 2 is 1.65 bits per heavy atom. The highest BCUT2D eigenvalue weighted by Crippen LogP contribution is 2.27. The number of carbonyl (C=O) groups is 2. The monoisotopic (exact) mass is 464 g/mol. The zero-order valence-corrected chi connectivity index (χ0v) is 20.2. The van der Waals surface area contributed by atoms with Crippen LogP contribution in [0.1, 0.15) is 33.7 Å². The molecule has 3 aromatic rings. The number of ether oxygens (including phenoxy) is 2. The van der Waals surface area contributed by atoms with Gasteiger partial charge in [0.05, 0.1) is 26.0 Å². The molecule has 0 aliphatic carbocycles. The molecule has 0 spiro atoms. The Balaban J connectivity index is 1.60. The van der Waals surface area contributed by atoms with Crippen LogP contribution in [0.15, 0.2) is 65.3 Å². The van der Waals surface area contributed by atoms with Gasteiger partial charge in [0.15, 0.2) is 11.5 Å². The van der Waals surface area contributed by atoms with Crippen LogP contribution < -0.4 is 9.47 Å². The number of furan rings is 1. The van der Waals surface area contributed by atoms with Gasteiger partial charge in [0.25, 0.3) is 5.91 Å². The smallest absolute Gasteiger partial charge is 0.257 e. The first-order chi connectivity index (χ1) is 16.4. The number of hydrogen-bond donors (Lipinski definition) is 0. The zero-order chi connectivity index (χ0) is 24.5. The Morgan fingerprint density at radius 1 is 0.912 bits per heavy atom. The minimum Gasteiger partial charge on any atom is -0.493 e. The highest BCUT2D eigenvalue weighted by atomic mass is 16.5. The lowest BCUT2D eigenvalue weighted by atomic mass is 10.1. The molecule has 0 aliphatic rings. The van der Waals surface area contributed by atoms with Crippen molar-refractivity contribution in [2.75, 3.05) is 34.4 Å². The van der Waals surface area contributed by atoms with E-state index in [-0.39, 0.29) is 18.2 Å². The molecule has 0 fully saturated rings. The Labute approximate surface area is 200 Å². The summed E-state index contributed by atoms with van der Waals surface area (Å²) in [5.41, 5.74) is 2.57. The van der Waals surface area contributed by atoms with Crippen molar-refractivity contribution in [3.8, 4) is 11.5 Å². The maximum absolute atomic E-state index is 13.2. The molecular formula is C27H32N2O5. The second-order valence-electron chi connectivity index (χ2n) is 8.11. The van der Waals surface area contributed by atoms with Gasteiger partial charge in [-0.25, -0.2) is 0 Å². The molecule has 7 nitrogen and oxygen atoms in total. The number of methoxy groups -OCH3 is 2. The number of benzene rings is 2. The number of nitrogens with zero attached hydrogens (tertiary/aromatic N) is 2. The molecule has 1 aromatic heterocycles. The van der Waals surface area contributed by atoms with Crippen LogP contribution in [0.3, 0.4) is 0 Å². The lowest BCUT2D eigenvalue weighted by molar-refractivity contribution is -0.130. The fraction of sp³-hybridized carbons (Fsp3) is 0.333. The average Bonchev–Trinajstić information content (AvgIpc) is 3.30. The quantitative estimate of drug-likeness (QED) is 0.422. The molecular weight excluding hydrogens is 432 g/mol. The maximum atomic E-state index is 13.2. The van der Waals surface area contributed by atoms with E-state index in [2.05, 4.69) is 0 Å². The maximum Gasteiger partial charge on any atom is 0.257 e. The van der Waals surface area contributed by atoms with Crippen LogP contribution in [0.25, 0.3) is 0 Å². The molecule has 0 unspecified atom stereocenters. The van der Waals surface area contributed by atoms with E-state index in [1.54, 1.807) is 44.1 Å². The van der Waals surface area contributed by atoms with Crippen LogP contribution >= 0.6 is 0 Å². The largest absolute Gasteiger partial charge is 0.493 e. The van der Waals surface area contributed by atoms with Gasteiger partial charge in [-0.2, -0.15) is 0 Å². The lowest BCUT2D eigenvalue weighted by Gasteiger charge is -2.24. The van der Waals surface area contributed by atoms with E-state index in [9.17, 15) is 9.59 Å². The molecule has 0 atom stereocenters. The fourth-order valence-electron chi connectivity index (χ4n) is 3.71. The number of likely N-dealkylation sites (N-methyl/N-ethyl adjacent to an activating group) is 1. The van der Waals surface area contributed by atoms with Crippen molar-refractivity contribution in [2.24, 2.45) is 0 Å². The molecule has 180 valence electrons. The summed E-state index contributed by atoms with van der Waals surface area (Å²) in [5, 5.41) is 0. The molecule has 0 radical (unpaired) electrons. The van der Waals surface area contributed by atoms with Crippen molar-refractivity contribution in [2.45, 2.75) is 26.3 Å². The Kier molecular flexibility index (Phi) is 8.73. The van der Waals surface area contributed by atoms with Gasteiger partial charge in [-0.3, -0.25) is 9.59 Å². The highest BCUT2D eigenvalue weighted by molar-refractivity contribution is 5.95. The highest BCUT2D eigenvalue weighted by Gasteiger charge is 2.21. The summed E-state index contributed by atoms with van der Waals surface area (Å²) in [5.74, 6) is 1.75. The normalized spacial score (nSPS) is 10.6. The van der Waals surface area contributed by atoms with Gasteiger partial charge in [-0.1, -0.05) is 36.4 Å². The van der Waals surface area contributed by atoms with Gasteiger partial charge in [-0.05, 0) is 42.7 Å². The molecule has 34 heavy (non-hydrogen) atoms.